The summed E-state index contributed by atoms with van der Waals surface area (Å²) in [5.41, 5.74) is 5.24. The molecule has 1 N–H and O–H groups in total. The van der Waals surface area contributed by atoms with Crippen LogP contribution in [0.25, 0.3) is 21.6 Å². The first-order valence-electron chi connectivity index (χ1n) is 12.8. The Morgan fingerprint density at radius 3 is 2.19 bits per heavy atom. The molecule has 0 bridgehead atoms. The van der Waals surface area contributed by atoms with E-state index in [-0.39, 0.29) is 6.61 Å². The van der Waals surface area contributed by atoms with Gasteiger partial charge in [0.1, 0.15) is 5.65 Å². The van der Waals surface area contributed by atoms with Gasteiger partial charge in [0.2, 0.25) is 0 Å². The minimum absolute atomic E-state index is 0.0898. The molecule has 0 aliphatic carbocycles. The second-order valence-electron chi connectivity index (χ2n) is 10.6. The van der Waals surface area contributed by atoms with Gasteiger partial charge in [-0.05, 0) is 46.5 Å². The van der Waals surface area contributed by atoms with Crippen molar-refractivity contribution in [2.45, 2.75) is 71.3 Å². The first-order chi connectivity index (χ1) is 17.5. The molecule has 3 heterocycles. The third-order valence-corrected chi connectivity index (χ3v) is 16.2. The van der Waals surface area contributed by atoms with Crippen molar-refractivity contribution in [1.82, 2.24) is 14.2 Å². The molecule has 5 nitrogen and oxygen atoms in total. The van der Waals surface area contributed by atoms with Crippen LogP contribution in [0.4, 0.5) is 5.13 Å². The third kappa shape index (κ3) is 4.85. The Morgan fingerprint density at radius 1 is 1.00 bits per heavy atom. The molecule has 9 heteroatoms. The van der Waals surface area contributed by atoms with Crippen LogP contribution < -0.4 is 4.90 Å². The summed E-state index contributed by atoms with van der Waals surface area (Å²) >= 11 is 14.6. The molecule has 0 saturated carbocycles. The van der Waals surface area contributed by atoms with Crippen LogP contribution >= 0.6 is 34.5 Å². The molecule has 3 aromatic heterocycles. The van der Waals surface area contributed by atoms with Crippen molar-refractivity contribution < 1.29 is 5.11 Å². The predicted octanol–water partition coefficient (Wildman–Crippen LogP) is 8.62. The lowest BCUT2D eigenvalue weighted by molar-refractivity contribution is 0.284. The van der Waals surface area contributed by atoms with Crippen LogP contribution in [0.5, 0.6) is 0 Å². The summed E-state index contributed by atoms with van der Waals surface area (Å²) < 4.78 is 2.51. The van der Waals surface area contributed by atoms with E-state index in [4.69, 9.17) is 33.2 Å². The van der Waals surface area contributed by atoms with Crippen LogP contribution in [-0.4, -0.2) is 34.6 Å². The van der Waals surface area contributed by atoms with Crippen molar-refractivity contribution in [2.24, 2.45) is 0 Å². The van der Waals surface area contributed by atoms with E-state index in [1.54, 1.807) is 11.3 Å². The number of anilines is 1. The number of thiazole rings is 1. The fourth-order valence-electron chi connectivity index (χ4n) is 6.26. The molecule has 0 atom stereocenters. The van der Waals surface area contributed by atoms with Gasteiger partial charge in [-0.2, -0.15) is 0 Å². The number of halogens is 2. The second kappa shape index (κ2) is 11.1. The SMILES string of the molecule is CC(C)[Si](C(C)C)(C(C)C)n1c(-c2sc(N(C)Cc3ccc(Cl)cc3)nc2Cl)c(CO)c2cccnc21. The topological polar surface area (TPSA) is 54.2 Å². The highest BCUT2D eigenvalue weighted by atomic mass is 35.5. The molecule has 0 aliphatic heterocycles. The molecule has 0 saturated heterocycles. The Kier molecular flexibility index (Phi) is 8.41. The molecule has 4 rings (SSSR count). The highest BCUT2D eigenvalue weighted by Crippen LogP contribution is 2.50. The molecule has 37 heavy (non-hydrogen) atoms. The maximum absolute atomic E-state index is 10.7. The van der Waals surface area contributed by atoms with Crippen LogP contribution in [-0.2, 0) is 13.2 Å². The number of aliphatic hydroxyl groups is 1. The normalized spacial score (nSPS) is 12.5. The van der Waals surface area contributed by atoms with Gasteiger partial charge in [0.05, 0.1) is 17.2 Å². The molecular weight excluding hydrogens is 539 g/mol. The quantitative estimate of drug-likeness (QED) is 0.203. The zero-order valence-electron chi connectivity index (χ0n) is 22.6. The van der Waals surface area contributed by atoms with Crippen molar-refractivity contribution in [3.05, 3.63) is 63.9 Å². The zero-order chi connectivity index (χ0) is 27.1. The summed E-state index contributed by atoms with van der Waals surface area (Å²) in [7, 11) is -0.240. The van der Waals surface area contributed by atoms with Crippen LogP contribution in [0.1, 0.15) is 52.7 Å². The van der Waals surface area contributed by atoms with Crippen molar-refractivity contribution >= 4 is 58.9 Å². The highest BCUT2D eigenvalue weighted by Gasteiger charge is 2.48. The molecule has 0 amide bonds. The highest BCUT2D eigenvalue weighted by molar-refractivity contribution is 7.19. The predicted molar refractivity (Wildman–Crippen MR) is 162 cm³/mol. The van der Waals surface area contributed by atoms with E-state index in [1.807, 2.05) is 43.6 Å². The molecule has 0 aliphatic rings. The fraction of sp³-hybridized carbons (Fsp3) is 0.429. The molecule has 0 radical (unpaired) electrons. The second-order valence-corrected chi connectivity index (χ2v) is 18.1. The minimum Gasteiger partial charge on any atom is -0.392 e. The van der Waals surface area contributed by atoms with Crippen LogP contribution in [0.3, 0.4) is 0 Å². The monoisotopic (exact) mass is 574 g/mol. The Hall–Kier alpha value is -1.90. The lowest BCUT2D eigenvalue weighted by atomic mass is 10.1. The number of aromatic nitrogens is 3. The van der Waals surface area contributed by atoms with Crippen molar-refractivity contribution in [2.75, 3.05) is 11.9 Å². The number of hydrogen-bond donors (Lipinski definition) is 1. The van der Waals surface area contributed by atoms with Gasteiger partial charge in [0.25, 0.3) is 0 Å². The maximum atomic E-state index is 10.7. The number of aliphatic hydroxyl groups excluding tert-OH is 1. The minimum atomic E-state index is -2.26. The molecule has 198 valence electrons. The summed E-state index contributed by atoms with van der Waals surface area (Å²) in [6, 6.07) is 11.9. The van der Waals surface area contributed by atoms with Gasteiger partial charge >= 0.3 is 0 Å². The largest absolute Gasteiger partial charge is 0.392 e. The number of rotatable bonds is 9. The van der Waals surface area contributed by atoms with Gasteiger partial charge in [0.15, 0.2) is 18.5 Å². The Bertz CT molecular complexity index is 1360. The van der Waals surface area contributed by atoms with E-state index < -0.39 is 8.24 Å². The first kappa shape index (κ1) is 28.1. The van der Waals surface area contributed by atoms with Gasteiger partial charge in [-0.25, -0.2) is 9.97 Å². The number of benzene rings is 1. The Morgan fingerprint density at radius 2 is 1.62 bits per heavy atom. The fourth-order valence-corrected chi connectivity index (χ4v) is 14.5. The molecule has 0 fully saturated rings. The lowest BCUT2D eigenvalue weighted by Crippen LogP contribution is -2.52. The zero-order valence-corrected chi connectivity index (χ0v) is 25.9. The smallest absolute Gasteiger partial charge is 0.187 e. The van der Waals surface area contributed by atoms with Crippen LogP contribution in [0, 0.1) is 0 Å². The first-order valence-corrected chi connectivity index (χ1v) is 16.5. The summed E-state index contributed by atoms with van der Waals surface area (Å²) in [5, 5.41) is 13.7. The average Bonchev–Trinajstić information content (AvgIpc) is 3.38. The standard InChI is InChI=1S/C28H36Cl2N4OSSi/c1-17(2)37(18(3)4,19(5)6)34-24(23(16-35)22-9-8-14-31-27(22)34)25-26(30)32-28(36-25)33(7)15-20-10-12-21(29)13-11-20/h8-14,17-19,35H,15-16H2,1-7H3. The summed E-state index contributed by atoms with van der Waals surface area (Å²) in [6.07, 6.45) is 1.85. The molecule has 0 unspecified atom stereocenters. The van der Waals surface area contributed by atoms with Crippen LogP contribution in [0.15, 0.2) is 42.6 Å². The number of nitrogens with zero attached hydrogens (tertiary/aromatic N) is 4. The van der Waals surface area contributed by atoms with Crippen LogP contribution in [0.2, 0.25) is 26.8 Å². The van der Waals surface area contributed by atoms with E-state index >= 15 is 0 Å². The van der Waals surface area contributed by atoms with Crippen molar-refractivity contribution in [3.8, 4) is 10.6 Å². The van der Waals surface area contributed by atoms with E-state index in [0.717, 1.165) is 42.9 Å². The van der Waals surface area contributed by atoms with Gasteiger partial charge in [-0.1, -0.05) is 88.2 Å². The van der Waals surface area contributed by atoms with E-state index in [0.29, 0.717) is 28.3 Å². The summed E-state index contributed by atoms with van der Waals surface area (Å²) in [4.78, 5) is 12.7. The number of fused-ring (bicyclic) bond motifs is 1. The summed E-state index contributed by atoms with van der Waals surface area (Å²) in [5.74, 6) is 0. The van der Waals surface area contributed by atoms with Gasteiger partial charge in [-0.15, -0.1) is 0 Å². The van der Waals surface area contributed by atoms with Crippen molar-refractivity contribution in [3.63, 3.8) is 0 Å². The Balaban J connectivity index is 1.96. The lowest BCUT2D eigenvalue weighted by Gasteiger charge is -2.45. The average molecular weight is 576 g/mol. The molecule has 0 spiro atoms. The molecule has 1 aromatic carbocycles. The number of pyridine rings is 1. The van der Waals surface area contributed by atoms with Gasteiger partial charge in [0, 0.05) is 35.8 Å². The van der Waals surface area contributed by atoms with E-state index in [1.165, 1.54) is 0 Å². The van der Waals surface area contributed by atoms with E-state index in [9.17, 15) is 5.11 Å². The maximum Gasteiger partial charge on any atom is 0.187 e. The van der Waals surface area contributed by atoms with Gasteiger partial charge in [-0.3, -0.25) is 0 Å². The van der Waals surface area contributed by atoms with Gasteiger partial charge < -0.3 is 14.2 Å². The third-order valence-electron chi connectivity index (χ3n) is 7.60. The number of hydrogen-bond acceptors (Lipinski definition) is 5. The summed E-state index contributed by atoms with van der Waals surface area (Å²) in [6.45, 7) is 14.6. The van der Waals surface area contributed by atoms with Crippen molar-refractivity contribution in [1.29, 1.82) is 0 Å². The van der Waals surface area contributed by atoms with E-state index in [2.05, 4.69) is 56.7 Å². The Labute approximate surface area is 235 Å². The molecular formula is C28H36Cl2N4OSSi. The molecule has 4 aromatic rings.